The minimum absolute atomic E-state index is 0.818. The average Bonchev–Trinajstić information content (AvgIpc) is 4.05. The largest absolute Gasteiger partial charge is 0.454 e. The Balaban J connectivity index is 1.10. The van der Waals surface area contributed by atoms with Crippen molar-refractivity contribution in [2.45, 2.75) is 0 Å². The highest BCUT2D eigenvalue weighted by Gasteiger charge is 2.25. The van der Waals surface area contributed by atoms with E-state index in [1.807, 2.05) is 11.3 Å². The number of nitrogens with zero attached hydrogens (tertiary/aromatic N) is 3. The average molecular weight is 850 g/mol. The molecule has 0 saturated heterocycles. The first-order chi connectivity index (χ1) is 32.3. The number of fused-ring (bicyclic) bond motifs is 9. The zero-order chi connectivity index (χ0) is 42.8. The van der Waals surface area contributed by atoms with E-state index in [2.05, 4.69) is 251 Å². The molecule has 65 heavy (non-hydrogen) atoms. The van der Waals surface area contributed by atoms with Gasteiger partial charge in [0.15, 0.2) is 5.58 Å². The van der Waals surface area contributed by atoms with E-state index in [1.165, 1.54) is 47.7 Å². The summed E-state index contributed by atoms with van der Waals surface area (Å²) in [5, 5.41) is 7.11. The molecule has 0 fully saturated rings. The molecule has 13 aromatic rings. The van der Waals surface area contributed by atoms with Crippen molar-refractivity contribution in [2.75, 3.05) is 9.80 Å². The zero-order valence-electron chi connectivity index (χ0n) is 35.2. The lowest BCUT2D eigenvalue weighted by molar-refractivity contribution is 0.669. The van der Waals surface area contributed by atoms with Gasteiger partial charge in [0.25, 0.3) is 0 Å². The van der Waals surface area contributed by atoms with Crippen LogP contribution in [0.25, 0.3) is 80.7 Å². The summed E-state index contributed by atoms with van der Waals surface area (Å²) < 4.78 is 12.2. The molecular formula is C60H39N3OS. The predicted molar refractivity (Wildman–Crippen MR) is 276 cm³/mol. The Hall–Kier alpha value is -8.38. The summed E-state index contributed by atoms with van der Waals surface area (Å²) in [5.74, 6) is 0. The first kappa shape index (κ1) is 37.2. The lowest BCUT2D eigenvalue weighted by Gasteiger charge is -2.29. The fourth-order valence-corrected chi connectivity index (χ4v) is 11.1. The quantitative estimate of drug-likeness (QED) is 0.152. The van der Waals surface area contributed by atoms with Gasteiger partial charge in [-0.25, -0.2) is 0 Å². The third kappa shape index (κ3) is 6.05. The van der Waals surface area contributed by atoms with Crippen molar-refractivity contribution in [1.29, 1.82) is 0 Å². The summed E-state index contributed by atoms with van der Waals surface area (Å²) >= 11 is 1.87. The van der Waals surface area contributed by atoms with Crippen LogP contribution in [-0.2, 0) is 0 Å². The van der Waals surface area contributed by atoms with Crippen molar-refractivity contribution in [3.05, 3.63) is 237 Å². The minimum atomic E-state index is 0.818. The van der Waals surface area contributed by atoms with Crippen molar-refractivity contribution in [1.82, 2.24) is 4.57 Å². The molecule has 0 spiro atoms. The summed E-state index contributed by atoms with van der Waals surface area (Å²) in [4.78, 5) is 4.66. The van der Waals surface area contributed by atoms with Gasteiger partial charge in [0.1, 0.15) is 5.58 Å². The second-order valence-electron chi connectivity index (χ2n) is 16.5. The fraction of sp³-hybridized carbons (Fsp3) is 0. The number of aromatic nitrogens is 1. The van der Waals surface area contributed by atoms with Crippen LogP contribution in [0, 0.1) is 0 Å². The number of para-hydroxylation sites is 6. The van der Waals surface area contributed by atoms with E-state index in [4.69, 9.17) is 4.42 Å². The van der Waals surface area contributed by atoms with Crippen LogP contribution in [0.3, 0.4) is 0 Å². The lowest BCUT2D eigenvalue weighted by Crippen LogP contribution is -2.13. The molecular weight excluding hydrogens is 811 g/mol. The molecule has 0 amide bonds. The lowest BCUT2D eigenvalue weighted by atomic mass is 9.99. The molecule has 0 N–H and O–H groups in total. The number of furan rings is 1. The third-order valence-electron chi connectivity index (χ3n) is 12.7. The Morgan fingerprint density at radius 3 is 1.65 bits per heavy atom. The van der Waals surface area contributed by atoms with E-state index in [0.717, 1.165) is 67.2 Å². The Morgan fingerprint density at radius 2 is 0.954 bits per heavy atom. The second-order valence-corrected chi connectivity index (χ2v) is 17.5. The molecule has 10 aromatic carbocycles. The molecule has 0 unspecified atom stereocenters. The van der Waals surface area contributed by atoms with Crippen molar-refractivity contribution >= 4 is 109 Å². The monoisotopic (exact) mass is 849 g/mol. The smallest absolute Gasteiger partial charge is 0.159 e. The molecule has 0 radical (unpaired) electrons. The van der Waals surface area contributed by atoms with E-state index in [1.54, 1.807) is 0 Å². The molecule has 3 aromatic heterocycles. The summed E-state index contributed by atoms with van der Waals surface area (Å²) in [6, 6.07) is 84.9. The first-order valence-electron chi connectivity index (χ1n) is 22.0. The molecule has 0 aliphatic carbocycles. The van der Waals surface area contributed by atoms with Crippen LogP contribution < -0.4 is 9.80 Å². The van der Waals surface area contributed by atoms with E-state index in [9.17, 15) is 0 Å². The van der Waals surface area contributed by atoms with Crippen molar-refractivity contribution in [2.24, 2.45) is 0 Å². The van der Waals surface area contributed by atoms with Crippen LogP contribution in [0.2, 0.25) is 0 Å². The number of thiophene rings is 1. The predicted octanol–water partition coefficient (Wildman–Crippen LogP) is 17.7. The molecule has 4 nitrogen and oxygen atoms in total. The van der Waals surface area contributed by atoms with Gasteiger partial charge in [-0.2, -0.15) is 0 Å². The van der Waals surface area contributed by atoms with Gasteiger partial charge >= 0.3 is 0 Å². The zero-order valence-corrected chi connectivity index (χ0v) is 36.0. The van der Waals surface area contributed by atoms with Crippen molar-refractivity contribution < 1.29 is 4.42 Å². The van der Waals surface area contributed by atoms with E-state index in [0.29, 0.717) is 0 Å². The maximum Gasteiger partial charge on any atom is 0.159 e. The van der Waals surface area contributed by atoms with Crippen LogP contribution in [0.4, 0.5) is 34.1 Å². The first-order valence-corrected chi connectivity index (χ1v) is 22.8. The minimum Gasteiger partial charge on any atom is -0.454 e. The summed E-state index contributed by atoms with van der Waals surface area (Å²) in [7, 11) is 0. The van der Waals surface area contributed by atoms with Gasteiger partial charge < -0.3 is 18.8 Å². The third-order valence-corrected chi connectivity index (χ3v) is 13.9. The van der Waals surface area contributed by atoms with E-state index in [-0.39, 0.29) is 0 Å². The van der Waals surface area contributed by atoms with Crippen LogP contribution in [0.1, 0.15) is 0 Å². The Labute approximate surface area is 379 Å². The molecule has 0 saturated carbocycles. The SMILES string of the molecule is c1ccc(N(c2ccccc2)c2cc(N(c3ccccc3)c3ccccc3)c3oc4ccc(-c5cccc6c7ccccc7n(-c7cccc8c7sc7ccccc78)c56)cc4c3c2)cc1. The second kappa shape index (κ2) is 15.2. The normalized spacial score (nSPS) is 11.7. The van der Waals surface area contributed by atoms with Gasteiger partial charge in [0.05, 0.1) is 27.1 Å². The topological polar surface area (TPSA) is 24.6 Å². The van der Waals surface area contributed by atoms with Gasteiger partial charge in [-0.15, -0.1) is 11.3 Å². The molecule has 306 valence electrons. The van der Waals surface area contributed by atoms with Crippen molar-refractivity contribution in [3.8, 4) is 16.8 Å². The maximum atomic E-state index is 7.09. The Bertz CT molecular complexity index is 3810. The molecule has 0 atom stereocenters. The Kier molecular flexibility index (Phi) is 8.68. The molecule has 3 heterocycles. The summed E-state index contributed by atoms with van der Waals surface area (Å²) in [5.41, 5.74) is 13.7. The van der Waals surface area contributed by atoms with Crippen LogP contribution in [-0.4, -0.2) is 4.57 Å². The highest BCUT2D eigenvalue weighted by molar-refractivity contribution is 7.26. The standard InChI is InChI=1S/C60H39N3OS/c1-5-19-41(20-6-1)61(42-21-7-2-8-22-42)45-38-52-51-37-40(35-36-56(51)64-59(52)55(39-45)62(43-23-9-3-10-24-43)44-25-11-4-12-26-44)46-29-17-30-49-47-27-13-15-32-53(47)63(58(46)49)54-33-18-31-50-48-28-14-16-34-57(48)65-60(50)54/h1-39H. The number of anilines is 6. The highest BCUT2D eigenvalue weighted by atomic mass is 32.1. The van der Waals surface area contributed by atoms with Gasteiger partial charge in [-0.05, 0) is 96.6 Å². The van der Waals surface area contributed by atoms with Crippen molar-refractivity contribution in [3.63, 3.8) is 0 Å². The van der Waals surface area contributed by atoms with E-state index >= 15 is 0 Å². The molecule has 5 heteroatoms. The maximum absolute atomic E-state index is 7.09. The summed E-state index contributed by atoms with van der Waals surface area (Å²) in [6.07, 6.45) is 0. The number of benzene rings is 10. The molecule has 0 aliphatic heterocycles. The van der Waals surface area contributed by atoms with Gasteiger partial charge in [-0.1, -0.05) is 146 Å². The van der Waals surface area contributed by atoms with Gasteiger partial charge in [-0.3, -0.25) is 0 Å². The highest BCUT2D eigenvalue weighted by Crippen LogP contribution is 2.49. The fourth-order valence-electron chi connectivity index (χ4n) is 9.90. The van der Waals surface area contributed by atoms with Crippen LogP contribution in [0.15, 0.2) is 241 Å². The Morgan fingerprint density at radius 1 is 0.385 bits per heavy atom. The van der Waals surface area contributed by atoms with Crippen LogP contribution in [0.5, 0.6) is 0 Å². The van der Waals surface area contributed by atoms with Gasteiger partial charge in [0.2, 0.25) is 0 Å². The summed E-state index contributed by atoms with van der Waals surface area (Å²) in [6.45, 7) is 0. The van der Waals surface area contributed by atoms with E-state index < -0.39 is 0 Å². The molecule has 0 bridgehead atoms. The van der Waals surface area contributed by atoms with Crippen LogP contribution >= 0.6 is 11.3 Å². The number of rotatable bonds is 8. The van der Waals surface area contributed by atoms with Gasteiger partial charge in [0, 0.05) is 71.0 Å². The molecule has 0 aliphatic rings. The molecule has 13 rings (SSSR count). The number of hydrogen-bond acceptors (Lipinski definition) is 4. The number of hydrogen-bond donors (Lipinski definition) is 0.